The Morgan fingerprint density at radius 1 is 1.56 bits per heavy atom. The fourth-order valence-electron chi connectivity index (χ4n) is 1.76. The van der Waals surface area contributed by atoms with E-state index in [1.807, 2.05) is 13.8 Å². The van der Waals surface area contributed by atoms with Gasteiger partial charge in [0.15, 0.2) is 0 Å². The molecular weight excluding hydrogens is 204 g/mol. The minimum Gasteiger partial charge on any atom is -0.393 e. The number of aryl methyl sites for hydroxylation is 2. The summed E-state index contributed by atoms with van der Waals surface area (Å²) < 4.78 is 1.66. The van der Waals surface area contributed by atoms with Gasteiger partial charge in [-0.25, -0.2) is 0 Å². The first-order valence-electron chi connectivity index (χ1n) is 5.34. The second kappa shape index (κ2) is 4.99. The summed E-state index contributed by atoms with van der Waals surface area (Å²) in [6.07, 6.45) is 0.275. The lowest BCUT2D eigenvalue weighted by Crippen LogP contribution is -2.22. The van der Waals surface area contributed by atoms with Crippen LogP contribution in [0.5, 0.6) is 0 Å². The number of hydrogen-bond acceptors (Lipinski definition) is 4. The highest BCUT2D eigenvalue weighted by Gasteiger charge is 2.15. The number of aliphatic hydroxyl groups is 1. The van der Waals surface area contributed by atoms with Gasteiger partial charge in [-0.1, -0.05) is 0 Å². The second-order valence-electron chi connectivity index (χ2n) is 4.17. The average Bonchev–Trinajstić information content (AvgIpc) is 2.40. The Labute approximate surface area is 95.7 Å². The first-order chi connectivity index (χ1) is 7.45. The normalized spacial score (nSPS) is 14.2. The van der Waals surface area contributed by atoms with Crippen molar-refractivity contribution in [3.8, 4) is 6.07 Å². The molecule has 1 heterocycles. The van der Waals surface area contributed by atoms with Gasteiger partial charge < -0.3 is 10.4 Å². The van der Waals surface area contributed by atoms with Crippen LogP contribution in [-0.2, 0) is 7.05 Å². The summed E-state index contributed by atoms with van der Waals surface area (Å²) in [5.41, 5.74) is 1.29. The maximum absolute atomic E-state index is 9.27. The zero-order valence-corrected chi connectivity index (χ0v) is 10.2. The lowest BCUT2D eigenvalue weighted by molar-refractivity contribution is 0.179. The largest absolute Gasteiger partial charge is 0.393 e. The summed E-state index contributed by atoms with van der Waals surface area (Å²) in [7, 11) is 1.80. The van der Waals surface area contributed by atoms with E-state index in [9.17, 15) is 5.11 Å². The number of rotatable bonds is 4. The Morgan fingerprint density at radius 3 is 2.69 bits per heavy atom. The van der Waals surface area contributed by atoms with Crippen molar-refractivity contribution in [2.24, 2.45) is 7.05 Å². The van der Waals surface area contributed by atoms with Crippen molar-refractivity contribution in [3.63, 3.8) is 0 Å². The van der Waals surface area contributed by atoms with E-state index < -0.39 is 0 Å². The molecule has 0 aromatic carbocycles. The number of hydrogen-bond donors (Lipinski definition) is 2. The van der Waals surface area contributed by atoms with Crippen molar-refractivity contribution in [2.45, 2.75) is 39.3 Å². The zero-order chi connectivity index (χ0) is 12.3. The van der Waals surface area contributed by atoms with Gasteiger partial charge in [0.2, 0.25) is 0 Å². The van der Waals surface area contributed by atoms with E-state index in [2.05, 4.69) is 16.5 Å². The molecule has 0 spiro atoms. The molecular formula is C11H18N4O. The molecule has 0 aliphatic heterocycles. The molecule has 0 amide bonds. The second-order valence-corrected chi connectivity index (χ2v) is 4.17. The minimum atomic E-state index is -0.359. The third kappa shape index (κ3) is 2.74. The molecule has 88 valence electrons. The molecule has 2 N–H and O–H groups in total. The fraction of sp³-hybridized carbons (Fsp3) is 0.636. The van der Waals surface area contributed by atoms with Gasteiger partial charge in [-0.2, -0.15) is 10.4 Å². The number of nitrogens with zero attached hydrogens (tertiary/aromatic N) is 3. The maximum atomic E-state index is 9.27. The molecule has 5 nitrogen and oxygen atoms in total. The predicted octanol–water partition coefficient (Wildman–Crippen LogP) is 1.17. The summed E-state index contributed by atoms with van der Waals surface area (Å²) in [6, 6.07) is 2.23. The van der Waals surface area contributed by atoms with E-state index in [0.29, 0.717) is 17.8 Å². The van der Waals surface area contributed by atoms with E-state index in [1.165, 1.54) is 0 Å². The summed E-state index contributed by atoms with van der Waals surface area (Å²) in [5, 5.41) is 25.7. The fourth-order valence-corrected chi connectivity index (χ4v) is 1.76. The molecule has 2 unspecified atom stereocenters. The number of nitriles is 1. The Hall–Kier alpha value is -1.54. The quantitative estimate of drug-likeness (QED) is 0.802. The predicted molar refractivity (Wildman–Crippen MR) is 62.0 cm³/mol. The highest BCUT2D eigenvalue weighted by Crippen LogP contribution is 2.19. The van der Waals surface area contributed by atoms with Crippen LogP contribution >= 0.6 is 0 Å². The number of nitrogens with one attached hydrogen (secondary N) is 1. The number of aliphatic hydroxyl groups excluding tert-OH is 1. The molecule has 2 atom stereocenters. The molecule has 1 rings (SSSR count). The lowest BCUT2D eigenvalue weighted by Gasteiger charge is -2.16. The lowest BCUT2D eigenvalue weighted by atomic mass is 10.1. The Morgan fingerprint density at radius 2 is 2.19 bits per heavy atom. The van der Waals surface area contributed by atoms with E-state index in [-0.39, 0.29) is 12.1 Å². The summed E-state index contributed by atoms with van der Waals surface area (Å²) in [5.74, 6) is 0.716. The van der Waals surface area contributed by atoms with Crippen molar-refractivity contribution >= 4 is 5.82 Å². The van der Waals surface area contributed by atoms with Gasteiger partial charge in [-0.05, 0) is 27.2 Å². The van der Waals surface area contributed by atoms with Gasteiger partial charge in [-0.3, -0.25) is 4.68 Å². The maximum Gasteiger partial charge on any atom is 0.142 e. The Bertz CT molecular complexity index is 403. The van der Waals surface area contributed by atoms with Crippen molar-refractivity contribution in [2.75, 3.05) is 5.32 Å². The van der Waals surface area contributed by atoms with Gasteiger partial charge in [0.25, 0.3) is 0 Å². The first-order valence-corrected chi connectivity index (χ1v) is 5.34. The first kappa shape index (κ1) is 12.5. The van der Waals surface area contributed by atoms with E-state index in [1.54, 1.807) is 18.7 Å². The molecule has 5 heteroatoms. The molecule has 0 bridgehead atoms. The Balaban J connectivity index is 2.85. The standard InChI is InChI=1S/C11H18N4O/c1-7(5-8(2)16)13-11-10(6-12)9(3)14-15(11)4/h7-8,13,16H,5H2,1-4H3. The molecule has 0 aliphatic rings. The summed E-state index contributed by atoms with van der Waals surface area (Å²) >= 11 is 0. The molecule has 1 aromatic heterocycles. The molecule has 1 aromatic rings. The van der Waals surface area contributed by atoms with Gasteiger partial charge >= 0.3 is 0 Å². The SMILES string of the molecule is Cc1nn(C)c(NC(C)CC(C)O)c1C#N. The molecule has 16 heavy (non-hydrogen) atoms. The summed E-state index contributed by atoms with van der Waals surface area (Å²) in [4.78, 5) is 0. The van der Waals surface area contributed by atoms with Gasteiger partial charge in [-0.15, -0.1) is 0 Å². The van der Waals surface area contributed by atoms with E-state index in [4.69, 9.17) is 5.26 Å². The summed E-state index contributed by atoms with van der Waals surface area (Å²) in [6.45, 7) is 5.52. The molecule has 0 aliphatic carbocycles. The van der Waals surface area contributed by atoms with Crippen LogP contribution in [0.1, 0.15) is 31.5 Å². The molecule has 0 fully saturated rings. The molecule has 0 radical (unpaired) electrons. The van der Waals surface area contributed by atoms with Crippen LogP contribution < -0.4 is 5.32 Å². The van der Waals surface area contributed by atoms with Crippen molar-refractivity contribution in [1.82, 2.24) is 9.78 Å². The highest BCUT2D eigenvalue weighted by atomic mass is 16.3. The van der Waals surface area contributed by atoms with Gasteiger partial charge in [0, 0.05) is 13.1 Å². The molecule has 0 saturated carbocycles. The smallest absolute Gasteiger partial charge is 0.142 e. The van der Waals surface area contributed by atoms with Crippen LogP contribution in [-0.4, -0.2) is 27.0 Å². The van der Waals surface area contributed by atoms with E-state index >= 15 is 0 Å². The van der Waals surface area contributed by atoms with Crippen molar-refractivity contribution < 1.29 is 5.11 Å². The Kier molecular flexibility index (Phi) is 3.91. The minimum absolute atomic E-state index is 0.0990. The van der Waals surface area contributed by atoms with Crippen LogP contribution in [0.25, 0.3) is 0 Å². The van der Waals surface area contributed by atoms with E-state index in [0.717, 1.165) is 5.69 Å². The zero-order valence-electron chi connectivity index (χ0n) is 10.2. The van der Waals surface area contributed by atoms with Crippen molar-refractivity contribution in [1.29, 1.82) is 5.26 Å². The van der Waals surface area contributed by atoms with Crippen molar-refractivity contribution in [3.05, 3.63) is 11.3 Å². The third-order valence-corrected chi connectivity index (χ3v) is 2.41. The van der Waals surface area contributed by atoms with Crippen LogP contribution in [0, 0.1) is 18.3 Å². The topological polar surface area (TPSA) is 73.9 Å². The molecule has 0 saturated heterocycles. The van der Waals surface area contributed by atoms with Crippen LogP contribution in [0.2, 0.25) is 0 Å². The average molecular weight is 222 g/mol. The number of anilines is 1. The number of aromatic nitrogens is 2. The third-order valence-electron chi connectivity index (χ3n) is 2.41. The van der Waals surface area contributed by atoms with Gasteiger partial charge in [0.1, 0.15) is 17.5 Å². The van der Waals surface area contributed by atoms with Crippen LogP contribution in [0.15, 0.2) is 0 Å². The monoisotopic (exact) mass is 222 g/mol. The van der Waals surface area contributed by atoms with Crippen LogP contribution in [0.4, 0.5) is 5.82 Å². The van der Waals surface area contributed by atoms with Gasteiger partial charge in [0.05, 0.1) is 11.8 Å². The highest BCUT2D eigenvalue weighted by molar-refractivity contribution is 5.55. The van der Waals surface area contributed by atoms with Crippen LogP contribution in [0.3, 0.4) is 0 Å².